The Morgan fingerprint density at radius 1 is 1.33 bits per heavy atom. The normalized spacial score (nSPS) is 11.3. The molecule has 0 aliphatic rings. The Labute approximate surface area is 120 Å². The summed E-state index contributed by atoms with van der Waals surface area (Å²) in [5.41, 5.74) is -0.802. The van der Waals surface area contributed by atoms with Crippen molar-refractivity contribution in [1.29, 1.82) is 0 Å². The number of rotatable bonds is 3. The molecule has 0 aliphatic heterocycles. The number of carbonyl (C=O) groups is 1. The molecule has 2 heterocycles. The van der Waals surface area contributed by atoms with Crippen LogP contribution in [0.25, 0.3) is 11.4 Å². The molecule has 0 amide bonds. The van der Waals surface area contributed by atoms with E-state index in [0.29, 0.717) is 5.69 Å². The van der Waals surface area contributed by atoms with Crippen molar-refractivity contribution >= 4 is 5.97 Å². The fourth-order valence-electron chi connectivity index (χ4n) is 1.64. The molecule has 0 aliphatic carbocycles. The molecule has 0 unspecified atom stereocenters. The third-order valence-corrected chi connectivity index (χ3v) is 2.73. The fraction of sp³-hybridized carbons (Fsp3) is 0.286. The minimum absolute atomic E-state index is 0.200. The van der Waals surface area contributed by atoms with Crippen LogP contribution in [0.5, 0.6) is 0 Å². The number of hydrogen-bond donors (Lipinski definition) is 1. The number of halogens is 1. The molecule has 2 aromatic heterocycles. The third kappa shape index (κ3) is 3.19. The highest BCUT2D eigenvalue weighted by molar-refractivity contribution is 5.90. The molecule has 0 atom stereocenters. The average molecular weight is 291 g/mol. The molecule has 0 aromatic carbocycles. The molecule has 0 saturated carbocycles. The number of aromatic nitrogens is 3. The first kappa shape index (κ1) is 15.0. The van der Waals surface area contributed by atoms with E-state index in [4.69, 9.17) is 0 Å². The van der Waals surface area contributed by atoms with Crippen LogP contribution in [0.2, 0.25) is 0 Å². The summed E-state index contributed by atoms with van der Waals surface area (Å²) in [5.74, 6) is -1.37. The van der Waals surface area contributed by atoms with Crippen LogP contribution in [0.15, 0.2) is 24.5 Å². The number of hydrogen-bond acceptors (Lipinski definition) is 6. The van der Waals surface area contributed by atoms with E-state index in [1.54, 1.807) is 19.9 Å². The predicted octanol–water partition coefficient (Wildman–Crippen LogP) is 1.69. The molecule has 6 nitrogen and oxygen atoms in total. The summed E-state index contributed by atoms with van der Waals surface area (Å²) in [6, 6.07) is 2.80. The van der Waals surface area contributed by atoms with Gasteiger partial charge in [-0.2, -0.15) is 0 Å². The topological polar surface area (TPSA) is 85.2 Å². The van der Waals surface area contributed by atoms with Crippen LogP contribution in [0, 0.1) is 5.82 Å². The summed E-state index contributed by atoms with van der Waals surface area (Å²) in [7, 11) is 1.17. The molecule has 1 N–H and O–H groups in total. The summed E-state index contributed by atoms with van der Waals surface area (Å²) in [6.45, 7) is 3.09. The van der Waals surface area contributed by atoms with Crippen molar-refractivity contribution in [3.63, 3.8) is 0 Å². The Morgan fingerprint density at radius 3 is 2.67 bits per heavy atom. The molecular formula is C14H14FN3O3. The zero-order valence-corrected chi connectivity index (χ0v) is 11.8. The second-order valence-electron chi connectivity index (χ2n) is 4.87. The quantitative estimate of drug-likeness (QED) is 0.866. The van der Waals surface area contributed by atoms with Gasteiger partial charge in [-0.3, -0.25) is 4.98 Å². The minimum Gasteiger partial charge on any atom is -0.465 e. The van der Waals surface area contributed by atoms with Crippen molar-refractivity contribution in [3.05, 3.63) is 41.7 Å². The number of ether oxygens (including phenoxy) is 1. The summed E-state index contributed by atoms with van der Waals surface area (Å²) in [5, 5.41) is 9.91. The fourth-order valence-corrected chi connectivity index (χ4v) is 1.64. The second kappa shape index (κ2) is 5.53. The van der Waals surface area contributed by atoms with E-state index in [9.17, 15) is 14.3 Å². The van der Waals surface area contributed by atoms with Gasteiger partial charge in [0, 0.05) is 6.20 Å². The third-order valence-electron chi connectivity index (χ3n) is 2.73. The van der Waals surface area contributed by atoms with Gasteiger partial charge >= 0.3 is 5.97 Å². The minimum atomic E-state index is -1.22. The summed E-state index contributed by atoms with van der Waals surface area (Å²) in [6.07, 6.45) is 2.38. The van der Waals surface area contributed by atoms with E-state index in [0.717, 1.165) is 6.20 Å². The van der Waals surface area contributed by atoms with Crippen LogP contribution >= 0.6 is 0 Å². The first-order chi connectivity index (χ1) is 9.82. The molecule has 21 heavy (non-hydrogen) atoms. The lowest BCUT2D eigenvalue weighted by Gasteiger charge is -2.15. The maximum atomic E-state index is 13.6. The Bertz CT molecular complexity index is 683. The van der Waals surface area contributed by atoms with Gasteiger partial charge in [0.2, 0.25) is 0 Å². The maximum absolute atomic E-state index is 13.6. The lowest BCUT2D eigenvalue weighted by Crippen LogP contribution is -2.19. The molecule has 0 fully saturated rings. The number of methoxy groups -OCH3 is 1. The van der Waals surface area contributed by atoms with Crippen molar-refractivity contribution in [2.45, 2.75) is 19.4 Å². The van der Waals surface area contributed by atoms with Gasteiger partial charge in [-0.25, -0.2) is 19.2 Å². The van der Waals surface area contributed by atoms with Crippen molar-refractivity contribution < 1.29 is 19.0 Å². The van der Waals surface area contributed by atoms with Crippen LogP contribution in [-0.4, -0.2) is 33.1 Å². The highest BCUT2D eigenvalue weighted by Gasteiger charge is 2.21. The SMILES string of the molecule is COC(=O)c1cc(-c2ccnc(C(C)(C)O)n2)ncc1F. The van der Waals surface area contributed by atoms with Gasteiger partial charge in [0.15, 0.2) is 11.6 Å². The van der Waals surface area contributed by atoms with Crippen LogP contribution in [0.3, 0.4) is 0 Å². The van der Waals surface area contributed by atoms with E-state index in [1.165, 1.54) is 19.4 Å². The highest BCUT2D eigenvalue weighted by atomic mass is 19.1. The molecule has 2 rings (SSSR count). The summed E-state index contributed by atoms with van der Waals surface area (Å²) in [4.78, 5) is 23.5. The zero-order chi connectivity index (χ0) is 15.6. The van der Waals surface area contributed by atoms with E-state index in [1.807, 2.05) is 0 Å². The predicted molar refractivity (Wildman–Crippen MR) is 71.8 cm³/mol. The van der Waals surface area contributed by atoms with Crippen LogP contribution < -0.4 is 0 Å². The number of carbonyl (C=O) groups excluding carboxylic acids is 1. The monoisotopic (exact) mass is 291 g/mol. The lowest BCUT2D eigenvalue weighted by molar-refractivity contribution is 0.0594. The Hall–Kier alpha value is -2.41. The zero-order valence-electron chi connectivity index (χ0n) is 11.8. The lowest BCUT2D eigenvalue weighted by atomic mass is 10.1. The second-order valence-corrected chi connectivity index (χ2v) is 4.87. The van der Waals surface area contributed by atoms with E-state index in [-0.39, 0.29) is 17.1 Å². The van der Waals surface area contributed by atoms with E-state index >= 15 is 0 Å². The van der Waals surface area contributed by atoms with E-state index < -0.39 is 17.4 Å². The molecule has 2 aromatic rings. The Morgan fingerprint density at radius 2 is 2.05 bits per heavy atom. The van der Waals surface area contributed by atoms with Crippen molar-refractivity contribution in [2.75, 3.05) is 7.11 Å². The largest absolute Gasteiger partial charge is 0.465 e. The maximum Gasteiger partial charge on any atom is 0.340 e. The van der Waals surface area contributed by atoms with Gasteiger partial charge < -0.3 is 9.84 Å². The average Bonchev–Trinajstić information content (AvgIpc) is 2.46. The molecule has 110 valence electrons. The number of aliphatic hydroxyl groups is 1. The van der Waals surface area contributed by atoms with Crippen molar-refractivity contribution in [3.8, 4) is 11.4 Å². The van der Waals surface area contributed by atoms with Gasteiger partial charge in [-0.15, -0.1) is 0 Å². The van der Waals surface area contributed by atoms with Gasteiger partial charge in [0.1, 0.15) is 5.60 Å². The van der Waals surface area contributed by atoms with Crippen LogP contribution in [-0.2, 0) is 10.3 Å². The van der Waals surface area contributed by atoms with Crippen molar-refractivity contribution in [1.82, 2.24) is 15.0 Å². The van der Waals surface area contributed by atoms with Crippen LogP contribution in [0.1, 0.15) is 30.0 Å². The Kier molecular flexibility index (Phi) is 3.95. The van der Waals surface area contributed by atoms with Crippen molar-refractivity contribution in [2.24, 2.45) is 0 Å². The number of nitrogens with zero attached hydrogens (tertiary/aromatic N) is 3. The molecule has 7 heteroatoms. The molecule has 0 radical (unpaired) electrons. The first-order valence-electron chi connectivity index (χ1n) is 6.13. The molecule has 0 saturated heterocycles. The highest BCUT2D eigenvalue weighted by Crippen LogP contribution is 2.21. The number of esters is 1. The first-order valence-corrected chi connectivity index (χ1v) is 6.13. The van der Waals surface area contributed by atoms with Gasteiger partial charge in [-0.1, -0.05) is 0 Å². The number of pyridine rings is 1. The summed E-state index contributed by atoms with van der Waals surface area (Å²) < 4.78 is 18.1. The Balaban J connectivity index is 2.50. The standard InChI is InChI=1S/C14H14FN3O3/c1-14(2,20)13-16-5-4-10(18-13)11-6-8(12(19)21-3)9(15)7-17-11/h4-7,20H,1-3H3. The molecule has 0 bridgehead atoms. The van der Waals surface area contributed by atoms with Gasteiger partial charge in [-0.05, 0) is 26.0 Å². The van der Waals surface area contributed by atoms with Gasteiger partial charge in [0.25, 0.3) is 0 Å². The summed E-state index contributed by atoms with van der Waals surface area (Å²) >= 11 is 0. The molecular weight excluding hydrogens is 277 g/mol. The molecule has 0 spiro atoms. The smallest absolute Gasteiger partial charge is 0.340 e. The van der Waals surface area contributed by atoms with Gasteiger partial charge in [0.05, 0.1) is 30.3 Å². The van der Waals surface area contributed by atoms with Crippen LogP contribution in [0.4, 0.5) is 4.39 Å². The van der Waals surface area contributed by atoms with E-state index in [2.05, 4.69) is 19.7 Å².